The third-order valence-corrected chi connectivity index (χ3v) is 4.66. The van der Waals surface area contributed by atoms with Gasteiger partial charge in [-0.3, -0.25) is 4.79 Å². The number of nitrogens with zero attached hydrogens (tertiary/aromatic N) is 1. The van der Waals surface area contributed by atoms with E-state index in [0.29, 0.717) is 23.9 Å². The lowest BCUT2D eigenvalue weighted by molar-refractivity contribution is -0.137. The van der Waals surface area contributed by atoms with E-state index in [2.05, 4.69) is 33.0 Å². The summed E-state index contributed by atoms with van der Waals surface area (Å²) in [6.07, 6.45) is 5.91. The Bertz CT molecular complexity index is 270. The van der Waals surface area contributed by atoms with Crippen LogP contribution in [0.15, 0.2) is 0 Å². The number of carbonyl (C=O) groups is 1. The molecule has 0 spiro atoms. The average molecular weight is 268 g/mol. The van der Waals surface area contributed by atoms with Crippen LogP contribution in [0, 0.1) is 11.8 Å². The summed E-state index contributed by atoms with van der Waals surface area (Å²) in [5.74, 6) is 0.887. The van der Waals surface area contributed by atoms with Crippen molar-refractivity contribution < 1.29 is 4.79 Å². The molecule has 112 valence electrons. The van der Waals surface area contributed by atoms with E-state index in [4.69, 9.17) is 0 Å². The molecule has 3 nitrogen and oxygen atoms in total. The smallest absolute Gasteiger partial charge is 0.225 e. The SMILES string of the molecule is CCCNC1CCC(N(C)C(=O)C(C)C(C)C)CC1. The molecular formula is C16H32N2O. The summed E-state index contributed by atoms with van der Waals surface area (Å²) >= 11 is 0. The average Bonchev–Trinajstić information content (AvgIpc) is 2.43. The van der Waals surface area contributed by atoms with E-state index >= 15 is 0 Å². The summed E-state index contributed by atoms with van der Waals surface area (Å²) in [6, 6.07) is 1.12. The van der Waals surface area contributed by atoms with Gasteiger partial charge in [-0.05, 0) is 44.6 Å². The highest BCUT2D eigenvalue weighted by atomic mass is 16.2. The summed E-state index contributed by atoms with van der Waals surface area (Å²) in [4.78, 5) is 14.4. The van der Waals surface area contributed by atoms with Crippen LogP contribution < -0.4 is 5.32 Å². The maximum absolute atomic E-state index is 12.3. The van der Waals surface area contributed by atoms with Gasteiger partial charge in [0.2, 0.25) is 5.91 Å². The van der Waals surface area contributed by atoms with Gasteiger partial charge in [-0.2, -0.15) is 0 Å². The van der Waals surface area contributed by atoms with Crippen molar-refractivity contribution in [1.29, 1.82) is 0 Å². The van der Waals surface area contributed by atoms with Crippen molar-refractivity contribution in [2.75, 3.05) is 13.6 Å². The van der Waals surface area contributed by atoms with E-state index in [1.54, 1.807) is 0 Å². The molecule has 1 unspecified atom stereocenters. The standard InChI is InChI=1S/C16H32N2O/c1-6-11-17-14-7-9-15(10-8-14)18(5)16(19)13(4)12(2)3/h12-15,17H,6-11H2,1-5H3. The molecule has 0 aliphatic heterocycles. The molecule has 0 aromatic carbocycles. The molecule has 1 N–H and O–H groups in total. The molecule has 0 bridgehead atoms. The molecule has 1 saturated carbocycles. The number of nitrogens with one attached hydrogen (secondary N) is 1. The minimum atomic E-state index is 0.140. The number of amides is 1. The summed E-state index contributed by atoms with van der Waals surface area (Å²) in [7, 11) is 1.99. The number of hydrogen-bond donors (Lipinski definition) is 1. The topological polar surface area (TPSA) is 32.3 Å². The zero-order valence-electron chi connectivity index (χ0n) is 13.4. The van der Waals surface area contributed by atoms with E-state index in [1.165, 1.54) is 19.3 Å². The molecule has 0 radical (unpaired) electrons. The quantitative estimate of drug-likeness (QED) is 0.803. The van der Waals surface area contributed by atoms with Crippen LogP contribution in [0.1, 0.15) is 59.8 Å². The fourth-order valence-corrected chi connectivity index (χ4v) is 2.80. The van der Waals surface area contributed by atoms with Crippen molar-refractivity contribution in [3.05, 3.63) is 0 Å². The zero-order valence-corrected chi connectivity index (χ0v) is 13.4. The fourth-order valence-electron chi connectivity index (χ4n) is 2.80. The van der Waals surface area contributed by atoms with Gasteiger partial charge in [-0.25, -0.2) is 0 Å². The van der Waals surface area contributed by atoms with E-state index in [1.807, 2.05) is 11.9 Å². The number of rotatable bonds is 6. The second-order valence-electron chi connectivity index (χ2n) is 6.44. The van der Waals surface area contributed by atoms with Crippen molar-refractivity contribution in [1.82, 2.24) is 10.2 Å². The Morgan fingerprint density at radius 2 is 1.79 bits per heavy atom. The van der Waals surface area contributed by atoms with E-state index in [9.17, 15) is 4.79 Å². The van der Waals surface area contributed by atoms with Crippen LogP contribution in [-0.4, -0.2) is 36.5 Å². The number of carbonyl (C=O) groups excluding carboxylic acids is 1. The van der Waals surface area contributed by atoms with Crippen LogP contribution in [0.3, 0.4) is 0 Å². The maximum Gasteiger partial charge on any atom is 0.225 e. The molecule has 0 aromatic rings. The van der Waals surface area contributed by atoms with Gasteiger partial charge in [0, 0.05) is 25.0 Å². The first-order valence-electron chi connectivity index (χ1n) is 7.97. The first-order chi connectivity index (χ1) is 8.97. The molecule has 0 saturated heterocycles. The van der Waals surface area contributed by atoms with Crippen molar-refractivity contribution >= 4 is 5.91 Å². The highest BCUT2D eigenvalue weighted by molar-refractivity contribution is 5.78. The lowest BCUT2D eigenvalue weighted by Gasteiger charge is -2.36. The molecule has 1 aliphatic rings. The Labute approximate surface area is 119 Å². The summed E-state index contributed by atoms with van der Waals surface area (Å²) in [5, 5.41) is 3.60. The normalized spacial score (nSPS) is 25.4. The second-order valence-corrected chi connectivity index (χ2v) is 6.44. The van der Waals surface area contributed by atoms with Crippen molar-refractivity contribution in [3.63, 3.8) is 0 Å². The highest BCUT2D eigenvalue weighted by Gasteiger charge is 2.29. The Balaban J connectivity index is 2.40. The number of hydrogen-bond acceptors (Lipinski definition) is 2. The second kappa shape index (κ2) is 7.88. The lowest BCUT2D eigenvalue weighted by atomic mass is 9.88. The van der Waals surface area contributed by atoms with Crippen LogP contribution in [-0.2, 0) is 4.79 Å². The molecule has 1 atom stereocenters. The van der Waals surface area contributed by atoms with Crippen molar-refractivity contribution in [2.24, 2.45) is 11.8 Å². The third-order valence-electron chi connectivity index (χ3n) is 4.66. The summed E-state index contributed by atoms with van der Waals surface area (Å²) in [6.45, 7) is 9.63. The molecule has 1 fully saturated rings. The van der Waals surface area contributed by atoms with Gasteiger partial charge in [0.25, 0.3) is 0 Å². The van der Waals surface area contributed by atoms with E-state index < -0.39 is 0 Å². The highest BCUT2D eigenvalue weighted by Crippen LogP contribution is 2.24. The van der Waals surface area contributed by atoms with Crippen molar-refractivity contribution in [3.8, 4) is 0 Å². The first-order valence-corrected chi connectivity index (χ1v) is 7.97. The van der Waals surface area contributed by atoms with Crippen LogP contribution in [0.2, 0.25) is 0 Å². The van der Waals surface area contributed by atoms with Gasteiger partial charge in [-0.1, -0.05) is 27.7 Å². The molecule has 3 heteroatoms. The molecule has 1 rings (SSSR count). The molecule has 0 heterocycles. The zero-order chi connectivity index (χ0) is 14.4. The minimum absolute atomic E-state index is 0.140. The van der Waals surface area contributed by atoms with E-state index in [-0.39, 0.29) is 5.92 Å². The van der Waals surface area contributed by atoms with E-state index in [0.717, 1.165) is 19.4 Å². The Morgan fingerprint density at radius 3 is 2.26 bits per heavy atom. The van der Waals surface area contributed by atoms with Crippen LogP contribution in [0.25, 0.3) is 0 Å². The van der Waals surface area contributed by atoms with Crippen LogP contribution in [0.5, 0.6) is 0 Å². The van der Waals surface area contributed by atoms with Gasteiger partial charge < -0.3 is 10.2 Å². The predicted molar refractivity (Wildman–Crippen MR) is 81.1 cm³/mol. The molecule has 1 aliphatic carbocycles. The summed E-state index contributed by atoms with van der Waals surface area (Å²) in [5.41, 5.74) is 0. The van der Waals surface area contributed by atoms with Gasteiger partial charge >= 0.3 is 0 Å². The Morgan fingerprint density at radius 1 is 1.21 bits per heavy atom. The fraction of sp³-hybridized carbons (Fsp3) is 0.938. The molecule has 19 heavy (non-hydrogen) atoms. The van der Waals surface area contributed by atoms with Crippen molar-refractivity contribution in [2.45, 2.75) is 71.9 Å². The molecular weight excluding hydrogens is 236 g/mol. The minimum Gasteiger partial charge on any atom is -0.343 e. The molecule has 0 aromatic heterocycles. The predicted octanol–water partition coefficient (Wildman–Crippen LogP) is 3.05. The summed E-state index contributed by atoms with van der Waals surface area (Å²) < 4.78 is 0. The maximum atomic E-state index is 12.3. The van der Waals surface area contributed by atoms with Gasteiger partial charge in [0.05, 0.1) is 0 Å². The van der Waals surface area contributed by atoms with Gasteiger partial charge in [0.15, 0.2) is 0 Å². The monoisotopic (exact) mass is 268 g/mol. The molecule has 1 amide bonds. The Kier molecular flexibility index (Phi) is 6.84. The Hall–Kier alpha value is -0.570. The lowest BCUT2D eigenvalue weighted by Crippen LogP contribution is -2.45. The van der Waals surface area contributed by atoms with Gasteiger partial charge in [-0.15, -0.1) is 0 Å². The third kappa shape index (κ3) is 4.79. The largest absolute Gasteiger partial charge is 0.343 e. The van der Waals surface area contributed by atoms with Crippen LogP contribution >= 0.6 is 0 Å². The van der Waals surface area contributed by atoms with Crippen LogP contribution in [0.4, 0.5) is 0 Å². The first kappa shape index (κ1) is 16.5. The van der Waals surface area contributed by atoms with Gasteiger partial charge in [0.1, 0.15) is 0 Å².